The first-order chi connectivity index (χ1) is 6.51. The van der Waals surface area contributed by atoms with Crippen molar-refractivity contribution in [2.75, 3.05) is 17.6 Å². The lowest BCUT2D eigenvalue weighted by atomic mass is 10.1. The molecule has 0 saturated carbocycles. The molecule has 3 N–H and O–H groups in total. The smallest absolute Gasteiger partial charge is 0.206 e. The predicted octanol–water partition coefficient (Wildman–Crippen LogP) is 1.80. The third kappa shape index (κ3) is 4.26. The van der Waals surface area contributed by atoms with Crippen LogP contribution in [0.4, 0.5) is 5.13 Å². The van der Waals surface area contributed by atoms with Gasteiger partial charge in [0.2, 0.25) is 5.13 Å². The number of anilines is 1. The SMILES string of the molecule is CC(C)(C)Nc1nnc(SCCN)s1. The van der Waals surface area contributed by atoms with Gasteiger partial charge in [0.1, 0.15) is 0 Å². The molecule has 6 heteroatoms. The molecule has 80 valence electrons. The van der Waals surface area contributed by atoms with E-state index in [2.05, 4.69) is 36.3 Å². The molecule has 0 spiro atoms. The number of nitrogens with one attached hydrogen (secondary N) is 1. The molecule has 0 amide bonds. The van der Waals surface area contributed by atoms with Crippen molar-refractivity contribution in [3.05, 3.63) is 0 Å². The molecular weight excluding hydrogens is 216 g/mol. The Hall–Kier alpha value is -0.330. The molecule has 0 aliphatic heterocycles. The van der Waals surface area contributed by atoms with Crippen LogP contribution in [-0.4, -0.2) is 28.0 Å². The Labute approximate surface area is 92.7 Å². The Morgan fingerprint density at radius 3 is 2.71 bits per heavy atom. The second kappa shape index (κ2) is 4.95. The van der Waals surface area contributed by atoms with Gasteiger partial charge in [0.05, 0.1) is 0 Å². The van der Waals surface area contributed by atoms with Crippen LogP contribution in [0.3, 0.4) is 0 Å². The third-order valence-electron chi connectivity index (χ3n) is 1.23. The van der Waals surface area contributed by atoms with Crippen molar-refractivity contribution in [2.24, 2.45) is 5.73 Å². The van der Waals surface area contributed by atoms with Crippen LogP contribution in [0, 0.1) is 0 Å². The summed E-state index contributed by atoms with van der Waals surface area (Å²) in [5.74, 6) is 0.893. The zero-order chi connectivity index (χ0) is 10.6. The van der Waals surface area contributed by atoms with E-state index in [1.165, 1.54) is 0 Å². The number of hydrogen-bond donors (Lipinski definition) is 2. The first kappa shape index (κ1) is 11.7. The van der Waals surface area contributed by atoms with E-state index in [0.717, 1.165) is 15.2 Å². The Kier molecular flexibility index (Phi) is 4.15. The summed E-state index contributed by atoms with van der Waals surface area (Å²) in [7, 11) is 0. The number of rotatable bonds is 4. The van der Waals surface area contributed by atoms with E-state index in [9.17, 15) is 0 Å². The average molecular weight is 232 g/mol. The van der Waals surface area contributed by atoms with Crippen LogP contribution in [0.15, 0.2) is 4.34 Å². The van der Waals surface area contributed by atoms with Crippen molar-refractivity contribution < 1.29 is 0 Å². The second-order valence-corrected chi connectivity index (χ2v) is 6.20. The summed E-state index contributed by atoms with van der Waals surface area (Å²) in [6, 6.07) is 0. The Morgan fingerprint density at radius 2 is 2.14 bits per heavy atom. The van der Waals surface area contributed by atoms with Crippen LogP contribution in [-0.2, 0) is 0 Å². The summed E-state index contributed by atoms with van der Waals surface area (Å²) in [4.78, 5) is 0. The van der Waals surface area contributed by atoms with Crippen molar-refractivity contribution in [1.82, 2.24) is 10.2 Å². The predicted molar refractivity (Wildman–Crippen MR) is 63.1 cm³/mol. The fourth-order valence-electron chi connectivity index (χ4n) is 0.786. The molecule has 0 saturated heterocycles. The van der Waals surface area contributed by atoms with Gasteiger partial charge in [-0.05, 0) is 20.8 Å². The lowest BCUT2D eigenvalue weighted by Gasteiger charge is -2.18. The molecule has 0 radical (unpaired) electrons. The Bertz CT molecular complexity index is 279. The summed E-state index contributed by atoms with van der Waals surface area (Å²) in [5, 5.41) is 12.3. The Morgan fingerprint density at radius 1 is 1.43 bits per heavy atom. The van der Waals surface area contributed by atoms with Gasteiger partial charge < -0.3 is 11.1 Å². The van der Waals surface area contributed by atoms with Crippen molar-refractivity contribution in [3.63, 3.8) is 0 Å². The summed E-state index contributed by atoms with van der Waals surface area (Å²) < 4.78 is 0.974. The molecule has 0 bridgehead atoms. The highest BCUT2D eigenvalue weighted by Gasteiger charge is 2.12. The number of nitrogens with zero attached hydrogens (tertiary/aromatic N) is 2. The first-order valence-corrected chi connectivity index (χ1v) is 6.26. The maximum Gasteiger partial charge on any atom is 0.206 e. The van der Waals surface area contributed by atoms with Crippen molar-refractivity contribution >= 4 is 28.2 Å². The maximum absolute atomic E-state index is 5.40. The van der Waals surface area contributed by atoms with Gasteiger partial charge in [-0.25, -0.2) is 0 Å². The minimum absolute atomic E-state index is 0.0370. The summed E-state index contributed by atoms with van der Waals surface area (Å²) >= 11 is 3.22. The van der Waals surface area contributed by atoms with Gasteiger partial charge >= 0.3 is 0 Å². The molecule has 0 atom stereocenters. The maximum atomic E-state index is 5.40. The number of nitrogens with two attached hydrogens (primary N) is 1. The second-order valence-electron chi connectivity index (χ2n) is 3.89. The van der Waals surface area contributed by atoms with Crippen LogP contribution in [0.5, 0.6) is 0 Å². The molecule has 1 heterocycles. The van der Waals surface area contributed by atoms with E-state index in [-0.39, 0.29) is 5.54 Å². The molecular formula is C8H16N4S2. The van der Waals surface area contributed by atoms with Gasteiger partial charge in [-0.15, -0.1) is 10.2 Å². The van der Waals surface area contributed by atoms with Crippen LogP contribution < -0.4 is 11.1 Å². The highest BCUT2D eigenvalue weighted by atomic mass is 32.2. The quantitative estimate of drug-likeness (QED) is 0.775. The van der Waals surface area contributed by atoms with Gasteiger partial charge in [0, 0.05) is 17.8 Å². The highest BCUT2D eigenvalue weighted by molar-refractivity contribution is 8.01. The van der Waals surface area contributed by atoms with Crippen molar-refractivity contribution in [1.29, 1.82) is 0 Å². The van der Waals surface area contributed by atoms with Gasteiger partial charge in [0.15, 0.2) is 4.34 Å². The average Bonchev–Trinajstić information content (AvgIpc) is 2.46. The molecule has 1 aromatic heterocycles. The Balaban J connectivity index is 2.51. The molecule has 1 rings (SSSR count). The summed E-state index contributed by atoms with van der Waals surface area (Å²) in [6.45, 7) is 6.97. The van der Waals surface area contributed by atoms with Crippen LogP contribution in [0.25, 0.3) is 0 Å². The summed E-state index contributed by atoms with van der Waals surface area (Å²) in [6.07, 6.45) is 0. The number of thioether (sulfide) groups is 1. The zero-order valence-corrected chi connectivity index (χ0v) is 10.3. The van der Waals surface area contributed by atoms with E-state index in [1.54, 1.807) is 23.1 Å². The standard InChI is InChI=1S/C8H16N4S2/c1-8(2,3)10-6-11-12-7(14-6)13-5-4-9/h4-5,9H2,1-3H3,(H,10,11). The highest BCUT2D eigenvalue weighted by Crippen LogP contribution is 2.26. The van der Waals surface area contributed by atoms with Crippen LogP contribution in [0.1, 0.15) is 20.8 Å². The van der Waals surface area contributed by atoms with Crippen LogP contribution in [0.2, 0.25) is 0 Å². The fraction of sp³-hybridized carbons (Fsp3) is 0.750. The largest absolute Gasteiger partial charge is 0.355 e. The molecule has 14 heavy (non-hydrogen) atoms. The molecule has 0 aliphatic carbocycles. The minimum Gasteiger partial charge on any atom is -0.355 e. The van der Waals surface area contributed by atoms with Crippen LogP contribution >= 0.6 is 23.1 Å². The summed E-state index contributed by atoms with van der Waals surface area (Å²) in [5.41, 5.74) is 5.44. The van der Waals surface area contributed by atoms with E-state index in [4.69, 9.17) is 5.73 Å². The van der Waals surface area contributed by atoms with Gasteiger partial charge in [-0.2, -0.15) is 0 Å². The molecule has 1 aromatic rings. The van der Waals surface area contributed by atoms with Crippen molar-refractivity contribution in [3.8, 4) is 0 Å². The normalized spacial score (nSPS) is 11.7. The molecule has 0 unspecified atom stereocenters. The minimum atomic E-state index is 0.0370. The van der Waals surface area contributed by atoms with E-state index in [0.29, 0.717) is 6.54 Å². The lowest BCUT2D eigenvalue weighted by Crippen LogP contribution is -2.25. The van der Waals surface area contributed by atoms with E-state index in [1.807, 2.05) is 0 Å². The molecule has 4 nitrogen and oxygen atoms in total. The molecule has 0 fully saturated rings. The molecule has 0 aliphatic rings. The fourth-order valence-corrected chi connectivity index (χ4v) is 2.59. The molecule has 0 aromatic carbocycles. The van der Waals surface area contributed by atoms with E-state index >= 15 is 0 Å². The third-order valence-corrected chi connectivity index (χ3v) is 3.24. The van der Waals surface area contributed by atoms with Gasteiger partial charge in [0.25, 0.3) is 0 Å². The topological polar surface area (TPSA) is 63.8 Å². The monoisotopic (exact) mass is 232 g/mol. The first-order valence-electron chi connectivity index (χ1n) is 4.46. The van der Waals surface area contributed by atoms with E-state index < -0.39 is 0 Å². The van der Waals surface area contributed by atoms with Gasteiger partial charge in [-0.1, -0.05) is 23.1 Å². The number of hydrogen-bond acceptors (Lipinski definition) is 6. The van der Waals surface area contributed by atoms with Gasteiger partial charge in [-0.3, -0.25) is 0 Å². The van der Waals surface area contributed by atoms with Crippen molar-refractivity contribution in [2.45, 2.75) is 30.6 Å². The lowest BCUT2D eigenvalue weighted by molar-refractivity contribution is 0.631. The zero-order valence-electron chi connectivity index (χ0n) is 8.70. The number of aromatic nitrogens is 2.